The van der Waals surface area contributed by atoms with Gasteiger partial charge in [-0.2, -0.15) is 0 Å². The normalized spacial score (nSPS) is 14.5. The molecule has 5 heteroatoms. The third-order valence-electron chi connectivity index (χ3n) is 1.90. The molecule has 0 spiro atoms. The van der Waals surface area contributed by atoms with E-state index in [1.807, 2.05) is 0 Å². The predicted molar refractivity (Wildman–Crippen MR) is 52.5 cm³/mol. The van der Waals surface area contributed by atoms with Gasteiger partial charge in [0.15, 0.2) is 4.34 Å². The molecule has 3 nitrogen and oxygen atoms in total. The highest BCUT2D eigenvalue weighted by Gasteiger charge is 2.17. The molecule has 1 N–H and O–H groups in total. The van der Waals surface area contributed by atoms with Crippen molar-refractivity contribution in [3.05, 3.63) is 10.6 Å². The van der Waals surface area contributed by atoms with Gasteiger partial charge in [-0.05, 0) is 19.3 Å². The lowest BCUT2D eigenvalue weighted by atomic mass is 10.4. The average Bonchev–Trinajstić information content (AvgIpc) is 2.58. The summed E-state index contributed by atoms with van der Waals surface area (Å²) in [5.74, 6) is -0.660. The number of aryl methyl sites for hydroxylation is 2. The zero-order valence-corrected chi connectivity index (χ0v) is 8.58. The Morgan fingerprint density at radius 3 is 3.15 bits per heavy atom. The van der Waals surface area contributed by atoms with Crippen LogP contribution in [0.4, 0.5) is 0 Å². The minimum Gasteiger partial charge on any atom is -0.481 e. The SMILES string of the molecule is O=C(O)CSc1nc2c(s1)CCC2. The Morgan fingerprint density at radius 1 is 1.62 bits per heavy atom. The number of rotatable bonds is 3. The van der Waals surface area contributed by atoms with E-state index in [9.17, 15) is 4.79 Å². The Labute approximate surface area is 84.2 Å². The number of thioether (sulfide) groups is 1. The Balaban J connectivity index is 2.02. The van der Waals surface area contributed by atoms with Gasteiger partial charge in [0, 0.05) is 4.88 Å². The van der Waals surface area contributed by atoms with E-state index in [2.05, 4.69) is 4.98 Å². The minimum atomic E-state index is -0.777. The van der Waals surface area contributed by atoms with Crippen molar-refractivity contribution < 1.29 is 9.90 Å². The van der Waals surface area contributed by atoms with Crippen LogP contribution < -0.4 is 0 Å². The van der Waals surface area contributed by atoms with Crippen molar-refractivity contribution in [3.63, 3.8) is 0 Å². The van der Waals surface area contributed by atoms with Crippen LogP contribution >= 0.6 is 23.1 Å². The number of carbonyl (C=O) groups is 1. The number of carboxylic acids is 1. The number of aliphatic carboxylic acids is 1. The van der Waals surface area contributed by atoms with E-state index < -0.39 is 5.97 Å². The van der Waals surface area contributed by atoms with E-state index in [1.165, 1.54) is 28.8 Å². The first-order valence-corrected chi connectivity index (χ1v) is 5.89. The zero-order chi connectivity index (χ0) is 9.26. The summed E-state index contributed by atoms with van der Waals surface area (Å²) >= 11 is 2.97. The van der Waals surface area contributed by atoms with Gasteiger partial charge in [0.25, 0.3) is 0 Å². The molecule has 0 aliphatic heterocycles. The van der Waals surface area contributed by atoms with E-state index >= 15 is 0 Å². The lowest BCUT2D eigenvalue weighted by molar-refractivity contribution is -0.133. The third-order valence-corrected chi connectivity index (χ3v) is 4.18. The second-order valence-corrected chi connectivity index (χ2v) is 5.19. The number of aromatic nitrogens is 1. The molecule has 0 bridgehead atoms. The van der Waals surface area contributed by atoms with Gasteiger partial charge in [0.1, 0.15) is 0 Å². The summed E-state index contributed by atoms with van der Waals surface area (Å²) in [6.45, 7) is 0. The molecule has 0 fully saturated rings. The molecule has 1 aromatic rings. The number of hydrogen-bond acceptors (Lipinski definition) is 4. The minimum absolute atomic E-state index is 0.117. The molecule has 2 rings (SSSR count). The van der Waals surface area contributed by atoms with Crippen molar-refractivity contribution in [2.75, 3.05) is 5.75 Å². The van der Waals surface area contributed by atoms with Gasteiger partial charge in [-0.1, -0.05) is 11.8 Å². The lowest BCUT2D eigenvalue weighted by Gasteiger charge is -1.90. The third kappa shape index (κ3) is 2.03. The molecular formula is C8H9NO2S2. The molecule has 0 aromatic carbocycles. The van der Waals surface area contributed by atoms with Crippen LogP contribution in [0.15, 0.2) is 4.34 Å². The first kappa shape index (κ1) is 9.02. The second kappa shape index (κ2) is 3.67. The van der Waals surface area contributed by atoms with Crippen LogP contribution in [0.1, 0.15) is 17.0 Å². The molecule has 0 saturated carbocycles. The van der Waals surface area contributed by atoms with Crippen LogP contribution in [0.25, 0.3) is 0 Å². The van der Waals surface area contributed by atoms with Gasteiger partial charge >= 0.3 is 5.97 Å². The Kier molecular flexibility index (Phi) is 2.55. The molecule has 1 aromatic heterocycles. The molecule has 1 aliphatic carbocycles. The Morgan fingerprint density at radius 2 is 2.46 bits per heavy atom. The largest absolute Gasteiger partial charge is 0.481 e. The zero-order valence-electron chi connectivity index (χ0n) is 6.95. The van der Waals surface area contributed by atoms with E-state index in [1.54, 1.807) is 11.3 Å². The van der Waals surface area contributed by atoms with Gasteiger partial charge < -0.3 is 5.11 Å². The van der Waals surface area contributed by atoms with Crippen molar-refractivity contribution in [3.8, 4) is 0 Å². The van der Waals surface area contributed by atoms with Crippen LogP contribution in [-0.4, -0.2) is 21.8 Å². The maximum absolute atomic E-state index is 10.3. The molecular weight excluding hydrogens is 206 g/mol. The van der Waals surface area contributed by atoms with E-state index in [-0.39, 0.29) is 5.75 Å². The lowest BCUT2D eigenvalue weighted by Crippen LogP contribution is -1.97. The van der Waals surface area contributed by atoms with Gasteiger partial charge in [-0.3, -0.25) is 4.79 Å². The molecule has 0 saturated heterocycles. The van der Waals surface area contributed by atoms with Crippen LogP contribution in [0, 0.1) is 0 Å². The quantitative estimate of drug-likeness (QED) is 0.781. The molecule has 13 heavy (non-hydrogen) atoms. The Bertz CT molecular complexity index is 313. The highest BCUT2D eigenvalue weighted by molar-refractivity contribution is 8.01. The van der Waals surface area contributed by atoms with Crippen LogP contribution in [0.3, 0.4) is 0 Å². The maximum Gasteiger partial charge on any atom is 0.313 e. The van der Waals surface area contributed by atoms with Crippen LogP contribution in [0.2, 0.25) is 0 Å². The Hall–Kier alpha value is -0.550. The summed E-state index contributed by atoms with van der Waals surface area (Å²) in [4.78, 5) is 16.0. The predicted octanol–water partition coefficient (Wildman–Crippen LogP) is 1.81. The summed E-state index contributed by atoms with van der Waals surface area (Å²) < 4.78 is 0.909. The average molecular weight is 215 g/mol. The first-order chi connectivity index (χ1) is 6.25. The van der Waals surface area contributed by atoms with Crippen molar-refractivity contribution >= 4 is 29.1 Å². The van der Waals surface area contributed by atoms with Gasteiger partial charge in [0.05, 0.1) is 11.4 Å². The summed E-state index contributed by atoms with van der Waals surface area (Å²) in [7, 11) is 0. The van der Waals surface area contributed by atoms with Crippen LogP contribution in [-0.2, 0) is 17.6 Å². The van der Waals surface area contributed by atoms with Gasteiger partial charge in [-0.15, -0.1) is 11.3 Å². The first-order valence-electron chi connectivity index (χ1n) is 4.09. The monoisotopic (exact) mass is 215 g/mol. The van der Waals surface area contributed by atoms with E-state index in [4.69, 9.17) is 5.11 Å². The van der Waals surface area contributed by atoms with E-state index in [0.717, 1.165) is 17.2 Å². The smallest absolute Gasteiger partial charge is 0.313 e. The number of thiazole rings is 1. The maximum atomic E-state index is 10.3. The molecule has 1 heterocycles. The summed E-state index contributed by atoms with van der Waals surface area (Å²) in [5, 5.41) is 8.48. The fraction of sp³-hybridized carbons (Fsp3) is 0.500. The molecule has 0 unspecified atom stereocenters. The van der Waals surface area contributed by atoms with E-state index in [0.29, 0.717) is 0 Å². The molecule has 1 aliphatic rings. The number of hydrogen-bond donors (Lipinski definition) is 1. The number of carboxylic acid groups (broad SMARTS) is 1. The molecule has 0 atom stereocenters. The van der Waals surface area contributed by atoms with Crippen molar-refractivity contribution in [2.24, 2.45) is 0 Å². The number of nitrogens with zero attached hydrogens (tertiary/aromatic N) is 1. The fourth-order valence-corrected chi connectivity index (χ4v) is 3.37. The van der Waals surface area contributed by atoms with Crippen LogP contribution in [0.5, 0.6) is 0 Å². The van der Waals surface area contributed by atoms with Crippen molar-refractivity contribution in [1.82, 2.24) is 4.98 Å². The topological polar surface area (TPSA) is 50.2 Å². The molecule has 0 radical (unpaired) electrons. The molecule has 70 valence electrons. The second-order valence-electron chi connectivity index (χ2n) is 2.89. The standard InChI is InChI=1S/C8H9NO2S2/c10-7(11)4-12-8-9-5-2-1-3-6(5)13-8/h1-4H2,(H,10,11). The summed E-state index contributed by atoms with van der Waals surface area (Å²) in [6.07, 6.45) is 3.40. The van der Waals surface area contributed by atoms with Gasteiger partial charge in [0.2, 0.25) is 0 Å². The van der Waals surface area contributed by atoms with Gasteiger partial charge in [-0.25, -0.2) is 4.98 Å². The summed E-state index contributed by atoms with van der Waals surface area (Å²) in [5.41, 5.74) is 1.19. The number of fused-ring (bicyclic) bond motifs is 1. The fourth-order valence-electron chi connectivity index (χ4n) is 1.35. The summed E-state index contributed by atoms with van der Waals surface area (Å²) in [6, 6.07) is 0. The highest BCUT2D eigenvalue weighted by atomic mass is 32.2. The van der Waals surface area contributed by atoms with Crippen molar-refractivity contribution in [1.29, 1.82) is 0 Å². The molecule has 0 amide bonds. The highest BCUT2D eigenvalue weighted by Crippen LogP contribution is 2.32. The van der Waals surface area contributed by atoms with Crippen molar-refractivity contribution in [2.45, 2.75) is 23.6 Å².